The summed E-state index contributed by atoms with van der Waals surface area (Å²) in [5, 5.41) is 0. The maximum Gasteiger partial charge on any atom is 0.135 e. The second-order valence-corrected chi connectivity index (χ2v) is 13.1. The summed E-state index contributed by atoms with van der Waals surface area (Å²) >= 11 is 0. The highest BCUT2D eigenvalue weighted by Crippen LogP contribution is 2.63. The average Bonchev–Trinajstić information content (AvgIpc) is 2.99. The van der Waals surface area contributed by atoms with Gasteiger partial charge in [-0.05, 0) is 74.3 Å². The van der Waals surface area contributed by atoms with Crippen LogP contribution in [0.4, 0.5) is 0 Å². The normalized spacial score (nSPS) is 13.5. The summed E-state index contributed by atoms with van der Waals surface area (Å²) in [5.41, 5.74) is 2.33. The molecule has 0 bridgehead atoms. The molecule has 0 aliphatic carbocycles. The quantitative estimate of drug-likeness (QED) is 0.352. The number of ether oxygens (including phenoxy) is 2. The van der Waals surface area contributed by atoms with Crippen molar-refractivity contribution >= 4 is 51.1 Å². The molecule has 4 rings (SSSR count). The van der Waals surface area contributed by atoms with Crippen LogP contribution in [0.2, 0.25) is 0 Å². The Balaban J connectivity index is 1.54. The topological polar surface area (TPSA) is 18.5 Å². The fourth-order valence-electron chi connectivity index (χ4n) is 2.49. The van der Waals surface area contributed by atoms with Crippen molar-refractivity contribution in [2.75, 3.05) is 0 Å². The Bertz CT molecular complexity index is 802. The predicted molar refractivity (Wildman–Crippen MR) is 122 cm³/mol. The monoisotopic (exact) mass is 448 g/mol. The number of rotatable bonds is 6. The molecule has 0 saturated carbocycles. The smallest absolute Gasteiger partial charge is 0.135 e. The Morgan fingerprint density at radius 1 is 0.519 bits per heavy atom. The molecule has 3 aromatic carbocycles. The Kier molecular flexibility index (Phi) is 7.15. The minimum atomic E-state index is 0.563. The Hall–Kier alpha value is -0.990. The number of hydrogen-bond donors (Lipinski definition) is 0. The molecule has 0 spiro atoms. The summed E-state index contributed by atoms with van der Waals surface area (Å²) in [7, 11) is 8.76. The van der Waals surface area contributed by atoms with Gasteiger partial charge in [0.05, 0.1) is 9.79 Å². The third-order valence-corrected chi connectivity index (χ3v) is 12.3. The zero-order chi connectivity index (χ0) is 18.3. The second-order valence-electron chi connectivity index (χ2n) is 5.64. The highest BCUT2D eigenvalue weighted by molar-refractivity contribution is 9.36. The third kappa shape index (κ3) is 5.29. The average molecular weight is 449 g/mol. The molecule has 0 aromatic heterocycles. The van der Waals surface area contributed by atoms with Gasteiger partial charge in [0.2, 0.25) is 0 Å². The van der Waals surface area contributed by atoms with Crippen molar-refractivity contribution in [3.63, 3.8) is 0 Å². The first-order valence-corrected chi connectivity index (χ1v) is 14.4. The van der Waals surface area contributed by atoms with Crippen LogP contribution in [0.5, 0.6) is 11.5 Å². The van der Waals surface area contributed by atoms with Gasteiger partial charge in [-0.3, -0.25) is 0 Å². The van der Waals surface area contributed by atoms with Crippen molar-refractivity contribution in [1.82, 2.24) is 0 Å². The van der Waals surface area contributed by atoms with Crippen LogP contribution in [0.3, 0.4) is 0 Å². The molecule has 0 N–H and O–H groups in total. The number of benzene rings is 3. The first-order chi connectivity index (χ1) is 13.4. The first-order valence-electron chi connectivity index (χ1n) is 8.25. The lowest BCUT2D eigenvalue weighted by Gasteiger charge is -2.16. The Morgan fingerprint density at radius 3 is 1.41 bits per heavy atom. The molecular formula is C20H16O2S5. The summed E-state index contributed by atoms with van der Waals surface area (Å²) in [6.07, 6.45) is 0. The first kappa shape index (κ1) is 19.3. The molecule has 3 aromatic rings. The van der Waals surface area contributed by atoms with Crippen LogP contribution in [0.25, 0.3) is 0 Å². The zero-order valence-electron chi connectivity index (χ0n) is 14.2. The molecule has 0 radical (unpaired) electrons. The van der Waals surface area contributed by atoms with Gasteiger partial charge in [0, 0.05) is 0 Å². The summed E-state index contributed by atoms with van der Waals surface area (Å²) < 4.78 is 12.3. The fraction of sp³-hybridized carbons (Fsp3) is 0.100. The summed E-state index contributed by atoms with van der Waals surface area (Å²) in [6, 6.07) is 24.6. The van der Waals surface area contributed by atoms with Crippen molar-refractivity contribution in [2.24, 2.45) is 0 Å². The van der Waals surface area contributed by atoms with Gasteiger partial charge in [0.1, 0.15) is 24.7 Å². The molecule has 1 aliphatic rings. The maximum absolute atomic E-state index is 6.14. The molecular weight excluding hydrogens is 433 g/mol. The molecule has 138 valence electrons. The largest absolute Gasteiger partial charge is 0.488 e. The van der Waals surface area contributed by atoms with Crippen molar-refractivity contribution in [3.05, 3.63) is 83.9 Å². The van der Waals surface area contributed by atoms with Gasteiger partial charge in [0.25, 0.3) is 0 Å². The summed E-state index contributed by atoms with van der Waals surface area (Å²) in [6.45, 7) is 1.13. The van der Waals surface area contributed by atoms with E-state index >= 15 is 0 Å². The molecule has 0 fully saturated rings. The van der Waals surface area contributed by atoms with E-state index in [1.54, 1.807) is 51.1 Å². The SMILES string of the molecule is c1ccc(COc2ccc(OCc3ccccc3)c3c2SSSSS3)cc1. The lowest BCUT2D eigenvalue weighted by Crippen LogP contribution is -2.00. The highest BCUT2D eigenvalue weighted by Gasteiger charge is 2.21. The molecule has 0 saturated heterocycles. The van der Waals surface area contributed by atoms with Crippen LogP contribution in [0.15, 0.2) is 82.6 Å². The predicted octanol–water partition coefficient (Wildman–Crippen LogP) is 7.90. The molecule has 0 unspecified atom stereocenters. The number of hydrogen-bond acceptors (Lipinski definition) is 7. The van der Waals surface area contributed by atoms with E-state index in [0.29, 0.717) is 13.2 Å². The van der Waals surface area contributed by atoms with Gasteiger partial charge in [-0.15, -0.1) is 0 Å². The van der Waals surface area contributed by atoms with Gasteiger partial charge in [-0.1, -0.05) is 60.7 Å². The van der Waals surface area contributed by atoms with E-state index in [0.717, 1.165) is 21.3 Å². The van der Waals surface area contributed by atoms with E-state index in [2.05, 4.69) is 24.3 Å². The van der Waals surface area contributed by atoms with Crippen molar-refractivity contribution in [1.29, 1.82) is 0 Å². The minimum Gasteiger partial charge on any atom is -0.488 e. The zero-order valence-corrected chi connectivity index (χ0v) is 18.3. The van der Waals surface area contributed by atoms with Crippen molar-refractivity contribution < 1.29 is 9.47 Å². The van der Waals surface area contributed by atoms with Crippen LogP contribution in [-0.4, -0.2) is 0 Å². The van der Waals surface area contributed by atoms with Crippen LogP contribution >= 0.6 is 51.1 Å². The lowest BCUT2D eigenvalue weighted by molar-refractivity contribution is 0.284. The molecule has 7 heteroatoms. The maximum atomic E-state index is 6.14. The van der Waals surface area contributed by atoms with E-state index < -0.39 is 0 Å². The van der Waals surface area contributed by atoms with E-state index in [1.165, 1.54) is 11.1 Å². The van der Waals surface area contributed by atoms with E-state index in [-0.39, 0.29) is 0 Å². The highest BCUT2D eigenvalue weighted by atomic mass is 33.8. The van der Waals surface area contributed by atoms with Gasteiger partial charge < -0.3 is 9.47 Å². The van der Waals surface area contributed by atoms with E-state index in [1.807, 2.05) is 48.5 Å². The van der Waals surface area contributed by atoms with Gasteiger partial charge in [-0.2, -0.15) is 0 Å². The fourth-order valence-corrected chi connectivity index (χ4v) is 11.6. The molecule has 1 aliphatic heterocycles. The second kappa shape index (κ2) is 9.98. The molecule has 2 nitrogen and oxygen atoms in total. The van der Waals surface area contributed by atoms with Crippen molar-refractivity contribution in [2.45, 2.75) is 23.0 Å². The standard InChI is InChI=1S/C20H16O2S5/c1-3-7-15(8-4-1)13-21-17-11-12-18(20-19(17)23-25-27-26-24-20)22-14-16-9-5-2-6-10-16/h1-12H,13-14H2. The van der Waals surface area contributed by atoms with Crippen LogP contribution in [0.1, 0.15) is 11.1 Å². The summed E-state index contributed by atoms with van der Waals surface area (Å²) in [4.78, 5) is 2.29. The summed E-state index contributed by atoms with van der Waals surface area (Å²) in [5.74, 6) is 1.82. The lowest BCUT2D eigenvalue weighted by atomic mass is 10.2. The molecule has 0 atom stereocenters. The van der Waals surface area contributed by atoms with Crippen LogP contribution < -0.4 is 9.47 Å². The minimum absolute atomic E-state index is 0.563. The van der Waals surface area contributed by atoms with Crippen LogP contribution in [0, 0.1) is 0 Å². The van der Waals surface area contributed by atoms with Crippen molar-refractivity contribution in [3.8, 4) is 11.5 Å². The molecule has 1 heterocycles. The van der Waals surface area contributed by atoms with E-state index in [4.69, 9.17) is 9.47 Å². The van der Waals surface area contributed by atoms with Crippen LogP contribution in [-0.2, 0) is 13.2 Å². The van der Waals surface area contributed by atoms with Gasteiger partial charge in [-0.25, -0.2) is 0 Å². The van der Waals surface area contributed by atoms with Gasteiger partial charge in [0.15, 0.2) is 0 Å². The van der Waals surface area contributed by atoms with Gasteiger partial charge >= 0.3 is 0 Å². The Labute approximate surface area is 178 Å². The Morgan fingerprint density at radius 2 is 0.963 bits per heavy atom. The third-order valence-electron chi connectivity index (χ3n) is 3.80. The van der Waals surface area contributed by atoms with E-state index in [9.17, 15) is 0 Å². The number of fused-ring (bicyclic) bond motifs is 1. The molecule has 0 amide bonds. The molecule has 27 heavy (non-hydrogen) atoms.